The van der Waals surface area contributed by atoms with Crippen molar-refractivity contribution in [3.05, 3.63) is 44.7 Å². The highest BCUT2D eigenvalue weighted by atomic mass is 79.9. The van der Waals surface area contributed by atoms with Gasteiger partial charge < -0.3 is 4.57 Å². The Balaban J connectivity index is 1.66. The molecule has 8 nitrogen and oxygen atoms in total. The molecule has 3 aromatic heterocycles. The predicted molar refractivity (Wildman–Crippen MR) is 99.4 cm³/mol. The molecule has 11 heteroatoms. The van der Waals surface area contributed by atoms with E-state index in [1.807, 2.05) is 17.5 Å². The molecule has 3 rings (SSSR count). The van der Waals surface area contributed by atoms with Gasteiger partial charge in [-0.2, -0.15) is 5.10 Å². The Morgan fingerprint density at radius 1 is 1.44 bits per heavy atom. The topological polar surface area (TPSA) is 96.7 Å². The third kappa shape index (κ3) is 3.89. The number of nitrogens with one attached hydrogen (secondary N) is 3. The van der Waals surface area contributed by atoms with Crippen LogP contribution in [0.1, 0.15) is 10.5 Å². The van der Waals surface area contributed by atoms with E-state index in [9.17, 15) is 9.59 Å². The Labute approximate surface area is 160 Å². The zero-order valence-electron chi connectivity index (χ0n) is 12.9. The minimum absolute atomic E-state index is 0.0698. The van der Waals surface area contributed by atoms with Crippen molar-refractivity contribution >= 4 is 51.3 Å². The number of amides is 2. The second-order valence-electron chi connectivity index (χ2n) is 5.07. The van der Waals surface area contributed by atoms with Gasteiger partial charge in [-0.3, -0.25) is 30.1 Å². The predicted octanol–water partition coefficient (Wildman–Crippen LogP) is 2.23. The third-order valence-electron chi connectivity index (χ3n) is 3.32. The van der Waals surface area contributed by atoms with Gasteiger partial charge in [0.15, 0.2) is 10.6 Å². The number of hydrogen-bond donors (Lipinski definition) is 3. The van der Waals surface area contributed by atoms with Crippen LogP contribution in [0.15, 0.2) is 34.2 Å². The van der Waals surface area contributed by atoms with Crippen LogP contribution in [-0.2, 0) is 18.4 Å². The maximum absolute atomic E-state index is 12.2. The third-order valence-corrected chi connectivity index (χ3v) is 4.93. The molecule has 130 valence electrons. The quantitative estimate of drug-likeness (QED) is 0.428. The average molecular weight is 441 g/mol. The number of aromatic nitrogens is 4. The van der Waals surface area contributed by atoms with Crippen LogP contribution in [0, 0.1) is 4.77 Å². The van der Waals surface area contributed by atoms with Crippen molar-refractivity contribution in [1.29, 1.82) is 0 Å². The summed E-state index contributed by atoms with van der Waals surface area (Å²) in [5, 5.41) is 8.74. The lowest BCUT2D eigenvalue weighted by molar-refractivity contribution is -0.122. The molecule has 0 fully saturated rings. The van der Waals surface area contributed by atoms with Gasteiger partial charge in [0, 0.05) is 17.7 Å². The SMILES string of the molecule is Cn1cc(Br)cc1C(=O)NNC(=O)Cn1c(-c2cccs2)n[nH]c1=S. The number of carbonyl (C=O) groups is 2. The van der Waals surface area contributed by atoms with Gasteiger partial charge in [-0.25, -0.2) is 0 Å². The lowest BCUT2D eigenvalue weighted by Crippen LogP contribution is -2.43. The van der Waals surface area contributed by atoms with E-state index >= 15 is 0 Å². The molecule has 2 amide bonds. The van der Waals surface area contributed by atoms with Crippen molar-refractivity contribution < 1.29 is 9.59 Å². The maximum Gasteiger partial charge on any atom is 0.286 e. The van der Waals surface area contributed by atoms with Crippen LogP contribution in [0.3, 0.4) is 0 Å². The van der Waals surface area contributed by atoms with Crippen molar-refractivity contribution in [2.75, 3.05) is 0 Å². The molecule has 3 heterocycles. The fourth-order valence-corrected chi connectivity index (χ4v) is 3.62. The summed E-state index contributed by atoms with van der Waals surface area (Å²) >= 11 is 9.96. The van der Waals surface area contributed by atoms with E-state index in [0.717, 1.165) is 9.35 Å². The molecule has 0 atom stereocenters. The van der Waals surface area contributed by atoms with Crippen LogP contribution < -0.4 is 10.9 Å². The Bertz CT molecular complexity index is 972. The van der Waals surface area contributed by atoms with Gasteiger partial charge in [-0.05, 0) is 45.7 Å². The average Bonchev–Trinajstić information content (AvgIpc) is 3.27. The summed E-state index contributed by atoms with van der Waals surface area (Å²) in [4.78, 5) is 25.1. The first-order chi connectivity index (χ1) is 12.0. The number of thiophene rings is 1. The zero-order valence-corrected chi connectivity index (χ0v) is 16.2. The van der Waals surface area contributed by atoms with Crippen molar-refractivity contribution in [3.63, 3.8) is 0 Å². The van der Waals surface area contributed by atoms with Crippen LogP contribution >= 0.6 is 39.5 Å². The van der Waals surface area contributed by atoms with Crippen molar-refractivity contribution in [2.45, 2.75) is 6.54 Å². The number of nitrogens with zero attached hydrogens (tertiary/aromatic N) is 3. The second kappa shape index (κ2) is 7.33. The molecular weight excluding hydrogens is 428 g/mol. The second-order valence-corrected chi connectivity index (χ2v) is 7.32. The van der Waals surface area contributed by atoms with Gasteiger partial charge in [0.05, 0.1) is 4.88 Å². The van der Waals surface area contributed by atoms with E-state index in [1.54, 1.807) is 28.4 Å². The Hall–Kier alpha value is -2.24. The largest absolute Gasteiger partial charge is 0.345 e. The summed E-state index contributed by atoms with van der Waals surface area (Å²) in [5.74, 6) is -0.263. The van der Waals surface area contributed by atoms with Crippen LogP contribution in [0.5, 0.6) is 0 Å². The number of hydrogen-bond acceptors (Lipinski definition) is 5. The van der Waals surface area contributed by atoms with E-state index in [1.165, 1.54) is 11.3 Å². The number of halogens is 1. The first kappa shape index (κ1) is 17.6. The summed E-state index contributed by atoms with van der Waals surface area (Å²) in [5.41, 5.74) is 5.18. The van der Waals surface area contributed by atoms with Crippen molar-refractivity contribution in [1.82, 2.24) is 30.2 Å². The van der Waals surface area contributed by atoms with Gasteiger partial charge in [0.2, 0.25) is 0 Å². The summed E-state index contributed by atoms with van der Waals surface area (Å²) in [7, 11) is 1.74. The van der Waals surface area contributed by atoms with Crippen LogP contribution in [0.25, 0.3) is 10.7 Å². The lowest BCUT2D eigenvalue weighted by atomic mass is 10.4. The zero-order chi connectivity index (χ0) is 18.0. The summed E-state index contributed by atoms with van der Waals surface area (Å²) in [6.07, 6.45) is 1.74. The molecule has 0 unspecified atom stereocenters. The molecular formula is C14H13BrN6O2S2. The van der Waals surface area contributed by atoms with E-state index in [4.69, 9.17) is 12.2 Å². The van der Waals surface area contributed by atoms with Gasteiger partial charge >= 0.3 is 0 Å². The van der Waals surface area contributed by atoms with Gasteiger partial charge in [0.1, 0.15) is 12.2 Å². The van der Waals surface area contributed by atoms with Crippen molar-refractivity contribution in [2.24, 2.45) is 7.05 Å². The Morgan fingerprint density at radius 2 is 2.24 bits per heavy atom. The molecule has 0 spiro atoms. The monoisotopic (exact) mass is 440 g/mol. The summed E-state index contributed by atoms with van der Waals surface area (Å²) in [6, 6.07) is 5.43. The summed E-state index contributed by atoms with van der Waals surface area (Å²) in [6.45, 7) is -0.0698. The molecule has 0 saturated heterocycles. The molecule has 0 bridgehead atoms. The highest BCUT2D eigenvalue weighted by Gasteiger charge is 2.15. The first-order valence-electron chi connectivity index (χ1n) is 7.06. The fourth-order valence-electron chi connectivity index (χ4n) is 2.18. The van der Waals surface area contributed by atoms with Gasteiger partial charge in [-0.1, -0.05) is 6.07 Å². The van der Waals surface area contributed by atoms with Gasteiger partial charge in [0.25, 0.3) is 11.8 Å². The highest BCUT2D eigenvalue weighted by Crippen LogP contribution is 2.22. The standard InChI is InChI=1S/C14H13BrN6O2S2/c1-20-6-8(15)5-9(20)13(23)18-16-11(22)7-21-12(17-19-14(21)24)10-3-2-4-25-10/h2-6H,7H2,1H3,(H,16,22)(H,18,23)(H,19,24). The van der Waals surface area contributed by atoms with Gasteiger partial charge in [-0.15, -0.1) is 11.3 Å². The maximum atomic E-state index is 12.2. The van der Waals surface area contributed by atoms with Crippen molar-refractivity contribution in [3.8, 4) is 10.7 Å². The molecule has 0 aliphatic rings. The minimum Gasteiger partial charge on any atom is -0.345 e. The smallest absolute Gasteiger partial charge is 0.286 e. The number of H-pyrrole nitrogens is 1. The number of aryl methyl sites for hydroxylation is 1. The van der Waals surface area contributed by atoms with E-state index in [-0.39, 0.29) is 6.54 Å². The van der Waals surface area contributed by atoms with Crippen LogP contribution in [0.4, 0.5) is 0 Å². The number of rotatable bonds is 4. The molecule has 0 aliphatic heterocycles. The number of aromatic amines is 1. The van der Waals surface area contributed by atoms with Crippen LogP contribution in [-0.4, -0.2) is 31.1 Å². The van der Waals surface area contributed by atoms with E-state index in [0.29, 0.717) is 16.3 Å². The Morgan fingerprint density at radius 3 is 2.88 bits per heavy atom. The molecule has 3 aromatic rings. The summed E-state index contributed by atoms with van der Waals surface area (Å²) < 4.78 is 4.32. The molecule has 0 saturated carbocycles. The van der Waals surface area contributed by atoms with E-state index < -0.39 is 11.8 Å². The normalized spacial score (nSPS) is 10.6. The number of carbonyl (C=O) groups excluding carboxylic acids is 2. The minimum atomic E-state index is -0.421. The molecule has 3 N–H and O–H groups in total. The number of hydrazine groups is 1. The first-order valence-corrected chi connectivity index (χ1v) is 9.14. The van der Waals surface area contributed by atoms with Crippen LogP contribution in [0.2, 0.25) is 0 Å². The van der Waals surface area contributed by atoms with E-state index in [2.05, 4.69) is 37.0 Å². The molecule has 0 aliphatic carbocycles. The molecule has 25 heavy (non-hydrogen) atoms. The lowest BCUT2D eigenvalue weighted by Gasteiger charge is -2.09. The fraction of sp³-hybridized carbons (Fsp3) is 0.143. The molecule has 0 radical (unpaired) electrons. The molecule has 0 aromatic carbocycles. The highest BCUT2D eigenvalue weighted by molar-refractivity contribution is 9.10. The Kier molecular flexibility index (Phi) is 5.16.